The summed E-state index contributed by atoms with van der Waals surface area (Å²) in [7, 11) is 0. The smallest absolute Gasteiger partial charge is 0.0639 e. The van der Waals surface area contributed by atoms with Crippen LogP contribution in [0.15, 0.2) is 267 Å². The van der Waals surface area contributed by atoms with E-state index >= 15 is 0 Å². The zero-order valence-electron chi connectivity index (χ0n) is 92.3. The monoisotopic (exact) mass is 2380 g/mol. The maximum absolute atomic E-state index is 9.03. The summed E-state index contributed by atoms with van der Waals surface area (Å²) in [4.78, 5) is 19.2. The number of hydrogen-bond donors (Lipinski definition) is 0. The van der Waals surface area contributed by atoms with Gasteiger partial charge < -0.3 is 17.6 Å². The van der Waals surface area contributed by atoms with Crippen molar-refractivity contribution in [2.24, 2.45) is 35.5 Å². The molecule has 20 rings (SSSR count). The zero-order chi connectivity index (χ0) is 102. The standard InChI is InChI=1S/3C29H29N2.C27H25N2.4Ir/c3*1-19(2)16-21-10-9-11-22(17-20(3)4)28(21)27-18-30-29-25-14-6-5-12-23(25)24-13-7-8-15-26(24)31(27)29;1-17(2)19-13-9-14-20(18(3)4)26(19)25-16-28-27-23-12-6-5-10-21(23)22-11-7-8-15-24(22)29(25)27;;;;/h3*5-13,15,18-20H,16-17H2,1-4H3;5-11,13-18H,1-4H3;;;;/q4*-1;;;;/i1D3,16D2,17D2;16D2,17D2;1D3;1D3,2D3;;;;. The predicted octanol–water partition coefficient (Wildman–Crippen LogP) is 29.9. The van der Waals surface area contributed by atoms with E-state index in [0.717, 1.165) is 127 Å². The molecule has 8 nitrogen and oxygen atoms in total. The largest absolute Gasteiger partial charge is 0.333 e. The molecule has 0 bridgehead atoms. The molecule has 126 heavy (non-hydrogen) atoms. The molecule has 0 aliphatic heterocycles. The summed E-state index contributed by atoms with van der Waals surface area (Å²) in [6, 6.07) is 91.1. The molecule has 8 aromatic heterocycles. The van der Waals surface area contributed by atoms with E-state index in [-0.39, 0.29) is 104 Å². The molecule has 12 heteroatoms. The van der Waals surface area contributed by atoms with Crippen LogP contribution in [-0.4, -0.2) is 37.5 Å². The summed E-state index contributed by atoms with van der Waals surface area (Å²) >= 11 is 0. The number of rotatable bonds is 18. The Kier molecular flexibility index (Phi) is 22.6. The van der Waals surface area contributed by atoms with Crippen molar-refractivity contribution in [3.63, 3.8) is 0 Å². The maximum Gasteiger partial charge on any atom is 0.0639 e. The number of para-hydroxylation sites is 4. The first-order valence-electron chi connectivity index (χ1n) is 52.4. The van der Waals surface area contributed by atoms with E-state index in [1.165, 1.54) is 12.5 Å². The molecule has 8 heterocycles. The van der Waals surface area contributed by atoms with Gasteiger partial charge in [0.1, 0.15) is 0 Å². The summed E-state index contributed by atoms with van der Waals surface area (Å²) < 4.78 is 177. The van der Waals surface area contributed by atoms with Gasteiger partial charge in [0, 0.05) is 177 Å². The van der Waals surface area contributed by atoms with Crippen LogP contribution in [0.5, 0.6) is 0 Å². The minimum Gasteiger partial charge on any atom is -0.333 e. The molecule has 12 aromatic carbocycles. The van der Waals surface area contributed by atoms with E-state index in [9.17, 15) is 0 Å². The van der Waals surface area contributed by atoms with Crippen molar-refractivity contribution in [3.8, 4) is 45.0 Å². The van der Waals surface area contributed by atoms with E-state index in [4.69, 9.17) is 47.4 Å². The molecule has 0 saturated heterocycles. The Morgan fingerprint density at radius 3 is 0.817 bits per heavy atom. The van der Waals surface area contributed by atoms with E-state index in [1.807, 2.05) is 201 Å². The number of imidazole rings is 4. The van der Waals surface area contributed by atoms with Gasteiger partial charge in [-0.2, -0.15) is 0 Å². The van der Waals surface area contributed by atoms with Crippen molar-refractivity contribution in [1.82, 2.24) is 37.5 Å². The number of benzene rings is 12. The van der Waals surface area contributed by atoms with Gasteiger partial charge in [0.05, 0.1) is 45.4 Å². The second kappa shape index (κ2) is 40.6. The fourth-order valence-corrected chi connectivity index (χ4v) is 17.8. The molecule has 0 N–H and O–H groups in total. The molecule has 2 unspecified atom stereocenters. The summed E-state index contributed by atoms with van der Waals surface area (Å²) in [5, 5.41) is 11.9. The number of pyridine rings is 4. The Hall–Kier alpha value is -9.92. The van der Waals surface area contributed by atoms with Crippen LogP contribution in [0.3, 0.4) is 0 Å². The molecule has 0 aliphatic carbocycles. The number of nitrogens with zero attached hydrogens (tertiary/aromatic N) is 8. The average Bonchev–Trinajstić information content (AvgIpc) is 1.50. The Morgan fingerprint density at radius 1 is 0.262 bits per heavy atom. The molecule has 648 valence electrons. The third-order valence-electron chi connectivity index (χ3n) is 22.4. The van der Waals surface area contributed by atoms with E-state index in [2.05, 4.69) is 103 Å². The van der Waals surface area contributed by atoms with Crippen molar-refractivity contribution in [2.45, 2.75) is 161 Å². The summed E-state index contributed by atoms with van der Waals surface area (Å²) in [6.45, 7) is 12.7. The van der Waals surface area contributed by atoms with E-state index < -0.39 is 76.6 Å². The van der Waals surface area contributed by atoms with E-state index in [0.29, 0.717) is 79.7 Å². The van der Waals surface area contributed by atoms with Crippen LogP contribution >= 0.6 is 0 Å². The van der Waals surface area contributed by atoms with Crippen LogP contribution in [0.1, 0.15) is 194 Å². The zero-order valence-corrected chi connectivity index (χ0v) is 81.9. The Labute approximate surface area is 826 Å². The van der Waals surface area contributed by atoms with Gasteiger partial charge in [0.25, 0.3) is 0 Å². The SMILES string of the molecule is [2H]C([2H])([2H])C(C)C([2H])([2H])c1cccc(C([2H])([2H])C(C)C)c1-c1cnc2c3[c-]cccc3c3ccccc3n12.[2H]C([2H])([2H])C(C)Cc1cccc(CC(C)C)c1-c1cnc2c3[c-]cccc3c3ccccc3n12.[2H]C([2H])([2H])C(c1cccc(C(C)C)c1-c1cnc2c3[c-]cccc3c3ccccc3n12)C([2H])([2H])[2H].[2H]C([2H])(c1cccc(C([2H])([2H])C(C)C)c1-c1cnc2c3[c-]cccc3c3ccccc3n12)C(C)C.[Ir].[Ir].[Ir].[Ir]. The van der Waals surface area contributed by atoms with Crippen LogP contribution in [0.4, 0.5) is 0 Å². The van der Waals surface area contributed by atoms with Crippen LogP contribution in [0.2, 0.25) is 0 Å². The first kappa shape index (κ1) is 70.1. The molecule has 0 spiro atoms. The molecule has 2 atom stereocenters. The predicted molar refractivity (Wildman–Crippen MR) is 517 cm³/mol. The number of hydrogen-bond acceptors (Lipinski definition) is 4. The van der Waals surface area contributed by atoms with Gasteiger partial charge in [-0.15, -0.1) is 119 Å². The maximum atomic E-state index is 9.03. The molecular weight excluding hydrogens is 2250 g/mol. The molecule has 4 radical (unpaired) electrons. The third kappa shape index (κ3) is 18.3. The van der Waals surface area contributed by atoms with Gasteiger partial charge in [-0.25, -0.2) is 0 Å². The Bertz CT molecular complexity index is 8160. The van der Waals surface area contributed by atoms with Crippen LogP contribution in [-0.2, 0) is 119 Å². The van der Waals surface area contributed by atoms with Crippen molar-refractivity contribution < 1.29 is 108 Å². The average molecular weight is 2380 g/mol. The Balaban J connectivity index is 0.000000161. The Morgan fingerprint density at radius 2 is 0.524 bits per heavy atom. The van der Waals surface area contributed by atoms with Gasteiger partial charge in [-0.1, -0.05) is 278 Å². The fourth-order valence-electron chi connectivity index (χ4n) is 17.8. The normalized spacial score (nSPS) is 15.3. The number of aromatic nitrogens is 8. The first-order valence-corrected chi connectivity index (χ1v) is 42.4. The first-order chi connectivity index (χ1) is 67.1. The summed E-state index contributed by atoms with van der Waals surface area (Å²) in [6.07, 6.45) is 1.03. The molecule has 0 saturated carbocycles. The van der Waals surface area contributed by atoms with Crippen LogP contribution in [0.25, 0.3) is 154 Å². The number of fused-ring (bicyclic) bond motifs is 24. The van der Waals surface area contributed by atoms with Crippen molar-refractivity contribution in [3.05, 3.63) is 336 Å². The van der Waals surface area contributed by atoms with Crippen LogP contribution in [0, 0.1) is 59.8 Å². The fraction of sp³-hybridized carbons (Fsp3) is 0.263. The minimum atomic E-state index is -2.71. The van der Waals surface area contributed by atoms with Crippen molar-refractivity contribution in [2.75, 3.05) is 0 Å². The third-order valence-corrected chi connectivity index (χ3v) is 22.4. The minimum absolute atomic E-state index is 0. The second-order valence-corrected chi connectivity index (χ2v) is 33.4. The molecule has 20 aromatic rings. The van der Waals surface area contributed by atoms with Gasteiger partial charge in [-0.3, -0.25) is 19.9 Å². The van der Waals surface area contributed by atoms with Gasteiger partial charge >= 0.3 is 0 Å². The summed E-state index contributed by atoms with van der Waals surface area (Å²) in [5.41, 5.74) is 17.1. The summed E-state index contributed by atoms with van der Waals surface area (Å²) in [5.74, 6) is -3.93. The van der Waals surface area contributed by atoms with Crippen LogP contribution < -0.4 is 0 Å². The molecule has 0 fully saturated rings. The topological polar surface area (TPSA) is 69.2 Å². The molecule has 0 aliphatic rings. The second-order valence-electron chi connectivity index (χ2n) is 33.4. The van der Waals surface area contributed by atoms with Crippen molar-refractivity contribution in [1.29, 1.82) is 0 Å². The molecule has 0 amide bonds. The van der Waals surface area contributed by atoms with E-state index in [1.54, 1.807) is 81.0 Å². The van der Waals surface area contributed by atoms with Gasteiger partial charge in [0.15, 0.2) is 0 Å². The molecular formula is C114H112Ir4N8-4. The van der Waals surface area contributed by atoms with Gasteiger partial charge in [0.2, 0.25) is 0 Å². The van der Waals surface area contributed by atoms with Crippen molar-refractivity contribution >= 4 is 109 Å². The quantitative estimate of drug-likeness (QED) is 0.0634. The van der Waals surface area contributed by atoms with Gasteiger partial charge in [-0.05, 0) is 176 Å².